The second-order valence-corrected chi connectivity index (χ2v) is 7.57. The van der Waals surface area contributed by atoms with Crippen LogP contribution in [0.1, 0.15) is 5.56 Å². The summed E-state index contributed by atoms with van der Waals surface area (Å²) in [5.74, 6) is 1.08. The summed E-state index contributed by atoms with van der Waals surface area (Å²) >= 11 is 0. The number of hydrogen-bond donors (Lipinski definition) is 0. The highest BCUT2D eigenvalue weighted by atomic mass is 32.2. The van der Waals surface area contributed by atoms with Crippen LogP contribution in [0.5, 0.6) is 5.88 Å². The molecule has 1 saturated heterocycles. The molecule has 0 bridgehead atoms. The van der Waals surface area contributed by atoms with Crippen molar-refractivity contribution in [3.8, 4) is 5.88 Å². The van der Waals surface area contributed by atoms with Crippen LogP contribution in [0.3, 0.4) is 0 Å². The summed E-state index contributed by atoms with van der Waals surface area (Å²) in [6.45, 7) is 1.89. The van der Waals surface area contributed by atoms with Gasteiger partial charge >= 0.3 is 0 Å². The van der Waals surface area contributed by atoms with Crippen molar-refractivity contribution in [2.45, 2.75) is 6.54 Å². The normalized spacial score (nSPS) is 18.7. The van der Waals surface area contributed by atoms with Crippen LogP contribution in [0.25, 0.3) is 10.9 Å². The lowest BCUT2D eigenvalue weighted by Gasteiger charge is -2.27. The van der Waals surface area contributed by atoms with Gasteiger partial charge in [0, 0.05) is 31.1 Å². The van der Waals surface area contributed by atoms with Crippen molar-refractivity contribution < 1.29 is 13.2 Å². The van der Waals surface area contributed by atoms with E-state index in [2.05, 4.69) is 9.88 Å². The van der Waals surface area contributed by atoms with E-state index < -0.39 is 9.84 Å². The number of nitrogens with zero attached hydrogens (tertiary/aromatic N) is 2. The van der Waals surface area contributed by atoms with Gasteiger partial charge in [0.15, 0.2) is 9.84 Å². The van der Waals surface area contributed by atoms with Crippen molar-refractivity contribution in [3.63, 3.8) is 0 Å². The zero-order valence-electron chi connectivity index (χ0n) is 11.9. The highest BCUT2D eigenvalue weighted by molar-refractivity contribution is 7.91. The van der Waals surface area contributed by atoms with E-state index in [0.717, 1.165) is 23.0 Å². The first kappa shape index (κ1) is 14.3. The molecule has 112 valence electrons. The van der Waals surface area contributed by atoms with Crippen LogP contribution in [-0.4, -0.2) is 50.0 Å². The minimum Gasteiger partial charge on any atom is -0.481 e. The number of sulfone groups is 1. The SMILES string of the molecule is COc1cc(CN2CCS(=O)(=O)CC2)c2ccccc2n1. The second kappa shape index (κ2) is 5.61. The lowest BCUT2D eigenvalue weighted by atomic mass is 10.1. The van der Waals surface area contributed by atoms with Crippen LogP contribution >= 0.6 is 0 Å². The average Bonchev–Trinajstić information content (AvgIpc) is 2.49. The van der Waals surface area contributed by atoms with E-state index in [1.165, 1.54) is 0 Å². The quantitative estimate of drug-likeness (QED) is 0.859. The molecule has 0 amide bonds. The van der Waals surface area contributed by atoms with Gasteiger partial charge in [-0.05, 0) is 11.6 Å². The first-order valence-corrected chi connectivity index (χ1v) is 8.75. The molecule has 3 rings (SSSR count). The van der Waals surface area contributed by atoms with Gasteiger partial charge in [-0.2, -0.15) is 0 Å². The molecule has 1 aromatic carbocycles. The smallest absolute Gasteiger partial charge is 0.213 e. The monoisotopic (exact) mass is 306 g/mol. The van der Waals surface area contributed by atoms with Crippen LogP contribution in [0.2, 0.25) is 0 Å². The van der Waals surface area contributed by atoms with Crippen LogP contribution in [0, 0.1) is 0 Å². The molecule has 0 aliphatic carbocycles. The maximum Gasteiger partial charge on any atom is 0.213 e. The molecule has 0 radical (unpaired) electrons. The Kier molecular flexibility index (Phi) is 3.82. The molecule has 2 heterocycles. The highest BCUT2D eigenvalue weighted by Crippen LogP contribution is 2.23. The standard InChI is InChI=1S/C15H18N2O3S/c1-20-15-10-12(13-4-2-3-5-14(13)16-15)11-17-6-8-21(18,19)9-7-17/h2-5,10H,6-9,11H2,1H3. The van der Waals surface area contributed by atoms with Crippen LogP contribution in [0.15, 0.2) is 30.3 Å². The maximum atomic E-state index is 11.5. The first-order chi connectivity index (χ1) is 10.1. The lowest BCUT2D eigenvalue weighted by Crippen LogP contribution is -2.39. The molecular weight excluding hydrogens is 288 g/mol. The fourth-order valence-electron chi connectivity index (χ4n) is 2.61. The number of aromatic nitrogens is 1. The summed E-state index contributed by atoms with van der Waals surface area (Å²) in [4.78, 5) is 6.60. The van der Waals surface area contributed by atoms with E-state index in [9.17, 15) is 8.42 Å². The van der Waals surface area contributed by atoms with E-state index >= 15 is 0 Å². The van der Waals surface area contributed by atoms with Crippen molar-refractivity contribution in [1.82, 2.24) is 9.88 Å². The Morgan fingerprint density at radius 1 is 1.24 bits per heavy atom. The van der Waals surface area contributed by atoms with E-state index in [1.54, 1.807) is 7.11 Å². The van der Waals surface area contributed by atoms with E-state index in [-0.39, 0.29) is 11.5 Å². The number of hydrogen-bond acceptors (Lipinski definition) is 5. The third-order valence-corrected chi connectivity index (χ3v) is 5.43. The summed E-state index contributed by atoms with van der Waals surface area (Å²) in [6.07, 6.45) is 0. The molecule has 1 fully saturated rings. The lowest BCUT2D eigenvalue weighted by molar-refractivity contribution is 0.288. The largest absolute Gasteiger partial charge is 0.481 e. The first-order valence-electron chi connectivity index (χ1n) is 6.93. The highest BCUT2D eigenvalue weighted by Gasteiger charge is 2.22. The maximum absolute atomic E-state index is 11.5. The van der Waals surface area contributed by atoms with Crippen molar-refractivity contribution in [2.24, 2.45) is 0 Å². The van der Waals surface area contributed by atoms with Crippen molar-refractivity contribution in [1.29, 1.82) is 0 Å². The number of para-hydroxylation sites is 1. The zero-order valence-corrected chi connectivity index (χ0v) is 12.8. The van der Waals surface area contributed by atoms with Gasteiger partial charge in [-0.25, -0.2) is 13.4 Å². The van der Waals surface area contributed by atoms with E-state index in [1.807, 2.05) is 30.3 Å². The molecule has 0 unspecified atom stereocenters. The molecule has 6 heteroatoms. The Labute approximate surface area is 124 Å². The molecule has 1 aromatic heterocycles. The number of rotatable bonds is 3. The van der Waals surface area contributed by atoms with Crippen molar-refractivity contribution >= 4 is 20.7 Å². The average molecular weight is 306 g/mol. The zero-order chi connectivity index (χ0) is 14.9. The number of pyridine rings is 1. The molecule has 0 spiro atoms. The summed E-state index contributed by atoms with van der Waals surface area (Å²) in [5.41, 5.74) is 2.02. The molecule has 0 saturated carbocycles. The Morgan fingerprint density at radius 3 is 2.67 bits per heavy atom. The Hall–Kier alpha value is -1.66. The summed E-state index contributed by atoms with van der Waals surface area (Å²) in [5, 5.41) is 1.09. The van der Waals surface area contributed by atoms with Crippen molar-refractivity contribution in [3.05, 3.63) is 35.9 Å². The Bertz CT molecular complexity index is 745. The molecule has 0 N–H and O–H groups in total. The third-order valence-electron chi connectivity index (χ3n) is 3.82. The van der Waals surface area contributed by atoms with Gasteiger partial charge in [0.2, 0.25) is 5.88 Å². The minimum absolute atomic E-state index is 0.243. The molecule has 1 aliphatic heterocycles. The molecule has 21 heavy (non-hydrogen) atoms. The summed E-state index contributed by atoms with van der Waals surface area (Å²) in [6, 6.07) is 9.87. The van der Waals surface area contributed by atoms with Gasteiger partial charge in [-0.1, -0.05) is 18.2 Å². The fraction of sp³-hybridized carbons (Fsp3) is 0.400. The van der Waals surface area contributed by atoms with Gasteiger partial charge in [-0.3, -0.25) is 4.90 Å². The molecule has 5 nitrogen and oxygen atoms in total. The van der Waals surface area contributed by atoms with Gasteiger partial charge < -0.3 is 4.74 Å². The molecular formula is C15H18N2O3S. The van der Waals surface area contributed by atoms with Crippen LogP contribution in [-0.2, 0) is 16.4 Å². The van der Waals surface area contributed by atoms with E-state index in [0.29, 0.717) is 19.0 Å². The Morgan fingerprint density at radius 2 is 1.95 bits per heavy atom. The molecule has 2 aromatic rings. The minimum atomic E-state index is -2.84. The van der Waals surface area contributed by atoms with E-state index in [4.69, 9.17) is 4.74 Å². The molecule has 1 aliphatic rings. The predicted octanol–water partition coefficient (Wildman–Crippen LogP) is 1.47. The van der Waals surface area contributed by atoms with Crippen LogP contribution in [0.4, 0.5) is 0 Å². The number of fused-ring (bicyclic) bond motifs is 1. The van der Waals surface area contributed by atoms with Gasteiger partial charge in [-0.15, -0.1) is 0 Å². The Balaban J connectivity index is 1.89. The predicted molar refractivity (Wildman–Crippen MR) is 82.2 cm³/mol. The summed E-state index contributed by atoms with van der Waals surface area (Å²) in [7, 11) is -1.24. The van der Waals surface area contributed by atoms with Gasteiger partial charge in [0.1, 0.15) is 0 Å². The van der Waals surface area contributed by atoms with Gasteiger partial charge in [0.25, 0.3) is 0 Å². The number of ether oxygens (including phenoxy) is 1. The fourth-order valence-corrected chi connectivity index (χ4v) is 3.88. The van der Waals surface area contributed by atoms with Crippen LogP contribution < -0.4 is 4.74 Å². The second-order valence-electron chi connectivity index (χ2n) is 5.27. The third kappa shape index (κ3) is 3.16. The molecule has 0 atom stereocenters. The van der Waals surface area contributed by atoms with Gasteiger partial charge in [0.05, 0.1) is 24.1 Å². The number of benzene rings is 1. The number of methoxy groups -OCH3 is 1. The summed E-state index contributed by atoms with van der Waals surface area (Å²) < 4.78 is 28.3. The topological polar surface area (TPSA) is 59.5 Å². The van der Waals surface area contributed by atoms with Crippen molar-refractivity contribution in [2.75, 3.05) is 31.7 Å².